The molecule has 1 unspecified atom stereocenters. The summed E-state index contributed by atoms with van der Waals surface area (Å²) in [6.07, 6.45) is 6.80. The Hall–Kier alpha value is -1.20. The van der Waals surface area contributed by atoms with Gasteiger partial charge in [-0.1, -0.05) is 13.3 Å². The highest BCUT2D eigenvalue weighted by Gasteiger charge is 2.19. The lowest BCUT2D eigenvalue weighted by Gasteiger charge is -2.31. The van der Waals surface area contributed by atoms with Gasteiger partial charge in [-0.15, -0.1) is 0 Å². The molecule has 0 bridgehead atoms. The van der Waals surface area contributed by atoms with E-state index in [1.807, 2.05) is 13.1 Å². The molecule has 1 fully saturated rings. The second kappa shape index (κ2) is 8.29. The van der Waals surface area contributed by atoms with Crippen molar-refractivity contribution in [3.05, 3.63) is 17.5 Å². The first-order chi connectivity index (χ1) is 10.2. The number of hydrogen-bond acceptors (Lipinski definition) is 5. The molecule has 1 aliphatic rings. The normalized spacial score (nSPS) is 19.7. The molecular weight excluding hydrogens is 264 g/mol. The molecule has 0 aromatic carbocycles. The van der Waals surface area contributed by atoms with E-state index in [1.54, 1.807) is 0 Å². The zero-order valence-electron chi connectivity index (χ0n) is 13.6. The van der Waals surface area contributed by atoms with E-state index in [-0.39, 0.29) is 0 Å². The SMILES string of the molecule is CCCNCc1cnc(OCC2CCCCN2C)nc1C. The van der Waals surface area contributed by atoms with Gasteiger partial charge in [-0.3, -0.25) is 0 Å². The lowest BCUT2D eigenvalue weighted by molar-refractivity contribution is 0.119. The lowest BCUT2D eigenvalue weighted by Crippen LogP contribution is -2.40. The predicted octanol–water partition coefficient (Wildman–Crippen LogP) is 2.15. The molecular formula is C16H28N4O. The van der Waals surface area contributed by atoms with Crippen LogP contribution in [0.2, 0.25) is 0 Å². The van der Waals surface area contributed by atoms with Gasteiger partial charge in [0, 0.05) is 30.0 Å². The van der Waals surface area contributed by atoms with Gasteiger partial charge in [-0.05, 0) is 46.3 Å². The van der Waals surface area contributed by atoms with Gasteiger partial charge in [-0.25, -0.2) is 9.97 Å². The maximum atomic E-state index is 5.79. The average Bonchev–Trinajstić information content (AvgIpc) is 2.49. The summed E-state index contributed by atoms with van der Waals surface area (Å²) in [5.74, 6) is 0. The molecule has 0 amide bonds. The van der Waals surface area contributed by atoms with Crippen molar-refractivity contribution in [1.29, 1.82) is 0 Å². The number of likely N-dealkylation sites (tertiary alicyclic amines) is 1. The lowest BCUT2D eigenvalue weighted by atomic mass is 10.0. The van der Waals surface area contributed by atoms with Gasteiger partial charge >= 0.3 is 6.01 Å². The zero-order chi connectivity index (χ0) is 15.1. The van der Waals surface area contributed by atoms with Crippen LogP contribution in [-0.2, 0) is 6.54 Å². The van der Waals surface area contributed by atoms with Gasteiger partial charge in [0.1, 0.15) is 6.61 Å². The maximum Gasteiger partial charge on any atom is 0.316 e. The molecule has 21 heavy (non-hydrogen) atoms. The fraction of sp³-hybridized carbons (Fsp3) is 0.750. The minimum absolute atomic E-state index is 0.494. The number of ether oxygens (including phenoxy) is 1. The fourth-order valence-corrected chi connectivity index (χ4v) is 2.64. The highest BCUT2D eigenvalue weighted by atomic mass is 16.5. The van der Waals surface area contributed by atoms with Crippen LogP contribution in [0, 0.1) is 6.92 Å². The van der Waals surface area contributed by atoms with Crippen molar-refractivity contribution < 1.29 is 4.74 Å². The Kier molecular flexibility index (Phi) is 6.39. The molecule has 1 aromatic heterocycles. The summed E-state index contributed by atoms with van der Waals surface area (Å²) in [4.78, 5) is 11.2. The van der Waals surface area contributed by atoms with Crippen molar-refractivity contribution in [2.45, 2.75) is 52.1 Å². The van der Waals surface area contributed by atoms with Gasteiger partial charge < -0.3 is 15.0 Å². The quantitative estimate of drug-likeness (QED) is 0.780. The molecule has 1 N–H and O–H groups in total. The Balaban J connectivity index is 1.84. The van der Waals surface area contributed by atoms with E-state index >= 15 is 0 Å². The molecule has 0 aliphatic carbocycles. The third-order valence-corrected chi connectivity index (χ3v) is 4.13. The second-order valence-corrected chi connectivity index (χ2v) is 5.88. The number of hydrogen-bond donors (Lipinski definition) is 1. The highest BCUT2D eigenvalue weighted by molar-refractivity contribution is 5.17. The van der Waals surface area contributed by atoms with Crippen LogP contribution in [0.4, 0.5) is 0 Å². The van der Waals surface area contributed by atoms with E-state index < -0.39 is 0 Å². The Bertz CT molecular complexity index is 438. The van der Waals surface area contributed by atoms with Crippen molar-refractivity contribution in [3.8, 4) is 6.01 Å². The summed E-state index contributed by atoms with van der Waals surface area (Å²) < 4.78 is 5.79. The van der Waals surface area contributed by atoms with Crippen LogP contribution < -0.4 is 10.1 Å². The van der Waals surface area contributed by atoms with E-state index in [1.165, 1.54) is 19.3 Å². The number of nitrogens with one attached hydrogen (secondary N) is 1. The molecule has 0 radical (unpaired) electrons. The van der Waals surface area contributed by atoms with Gasteiger partial charge in [-0.2, -0.15) is 0 Å². The Morgan fingerprint density at radius 1 is 1.43 bits per heavy atom. The largest absolute Gasteiger partial charge is 0.462 e. The summed E-state index contributed by atoms with van der Waals surface area (Å²) in [5, 5.41) is 3.37. The van der Waals surface area contributed by atoms with E-state index in [0.717, 1.165) is 37.3 Å². The molecule has 0 spiro atoms. The van der Waals surface area contributed by atoms with Crippen LogP contribution >= 0.6 is 0 Å². The molecule has 1 atom stereocenters. The number of aryl methyl sites for hydroxylation is 1. The Morgan fingerprint density at radius 2 is 2.29 bits per heavy atom. The van der Waals surface area contributed by atoms with Crippen LogP contribution in [0.5, 0.6) is 6.01 Å². The number of likely N-dealkylation sites (N-methyl/N-ethyl adjacent to an activating group) is 1. The van der Waals surface area contributed by atoms with E-state index in [2.05, 4.69) is 34.2 Å². The minimum Gasteiger partial charge on any atom is -0.462 e. The van der Waals surface area contributed by atoms with E-state index in [0.29, 0.717) is 18.7 Å². The first-order valence-electron chi connectivity index (χ1n) is 8.07. The molecule has 1 aliphatic heterocycles. The summed E-state index contributed by atoms with van der Waals surface area (Å²) in [6.45, 7) is 7.87. The van der Waals surface area contributed by atoms with Crippen molar-refractivity contribution >= 4 is 0 Å². The van der Waals surface area contributed by atoms with Crippen molar-refractivity contribution in [2.24, 2.45) is 0 Å². The van der Waals surface area contributed by atoms with Crippen LogP contribution in [0.3, 0.4) is 0 Å². The Labute approximate surface area is 128 Å². The third kappa shape index (κ3) is 4.93. The molecule has 5 nitrogen and oxygen atoms in total. The van der Waals surface area contributed by atoms with Crippen LogP contribution in [0.15, 0.2) is 6.20 Å². The maximum absolute atomic E-state index is 5.79. The number of piperidine rings is 1. The monoisotopic (exact) mass is 292 g/mol. The summed E-state index contributed by atoms with van der Waals surface area (Å²) in [7, 11) is 2.17. The third-order valence-electron chi connectivity index (χ3n) is 4.13. The molecule has 0 saturated carbocycles. The fourth-order valence-electron chi connectivity index (χ4n) is 2.64. The van der Waals surface area contributed by atoms with Crippen molar-refractivity contribution in [3.63, 3.8) is 0 Å². The van der Waals surface area contributed by atoms with Gasteiger partial charge in [0.2, 0.25) is 0 Å². The molecule has 1 aromatic rings. The van der Waals surface area contributed by atoms with Crippen molar-refractivity contribution in [2.75, 3.05) is 26.7 Å². The van der Waals surface area contributed by atoms with Crippen LogP contribution in [-0.4, -0.2) is 47.7 Å². The van der Waals surface area contributed by atoms with Gasteiger partial charge in [0.15, 0.2) is 0 Å². The zero-order valence-corrected chi connectivity index (χ0v) is 13.6. The average molecular weight is 292 g/mol. The molecule has 2 rings (SSSR count). The summed E-state index contributed by atoms with van der Waals surface area (Å²) >= 11 is 0. The van der Waals surface area contributed by atoms with Crippen LogP contribution in [0.1, 0.15) is 43.9 Å². The number of nitrogens with zero attached hydrogens (tertiary/aromatic N) is 3. The first kappa shape index (κ1) is 16.2. The second-order valence-electron chi connectivity index (χ2n) is 5.88. The van der Waals surface area contributed by atoms with Crippen molar-refractivity contribution in [1.82, 2.24) is 20.2 Å². The minimum atomic E-state index is 0.494. The molecule has 118 valence electrons. The smallest absolute Gasteiger partial charge is 0.316 e. The predicted molar refractivity (Wildman–Crippen MR) is 84.5 cm³/mol. The summed E-state index contributed by atoms with van der Waals surface area (Å²) in [5.41, 5.74) is 2.14. The first-order valence-corrected chi connectivity index (χ1v) is 8.07. The summed E-state index contributed by atoms with van der Waals surface area (Å²) in [6, 6.07) is 0.999. The standard InChI is InChI=1S/C16H28N4O/c1-4-8-17-10-14-11-18-16(19-13(14)2)21-12-15-7-5-6-9-20(15)3/h11,15,17H,4-10,12H2,1-3H3. The van der Waals surface area contributed by atoms with Crippen LogP contribution in [0.25, 0.3) is 0 Å². The Morgan fingerprint density at radius 3 is 3.00 bits per heavy atom. The number of rotatable bonds is 7. The molecule has 2 heterocycles. The highest BCUT2D eigenvalue weighted by Crippen LogP contribution is 2.16. The van der Waals surface area contributed by atoms with E-state index in [9.17, 15) is 0 Å². The molecule has 1 saturated heterocycles. The van der Waals surface area contributed by atoms with Gasteiger partial charge in [0.05, 0.1) is 0 Å². The number of aromatic nitrogens is 2. The topological polar surface area (TPSA) is 50.3 Å². The molecule has 5 heteroatoms. The van der Waals surface area contributed by atoms with E-state index in [4.69, 9.17) is 4.74 Å². The van der Waals surface area contributed by atoms with Gasteiger partial charge in [0.25, 0.3) is 0 Å².